The van der Waals surface area contributed by atoms with Crippen molar-refractivity contribution in [2.75, 3.05) is 5.32 Å². The number of carbonyl (C=O) groups is 1. The Morgan fingerprint density at radius 3 is 2.17 bits per heavy atom. The molecule has 0 heterocycles. The quantitative estimate of drug-likeness (QED) is 0.798. The Hall–Kier alpha value is -2.77. The first-order chi connectivity index (χ1) is 11.2. The van der Waals surface area contributed by atoms with Gasteiger partial charge < -0.3 is 15.4 Å². The molecule has 128 valence electrons. The van der Waals surface area contributed by atoms with Crippen molar-refractivity contribution in [2.45, 2.75) is 19.3 Å². The SMILES string of the molecule is CC(NC(=O)Nc1ccc(F)cc1)c1ccc(OC(F)(F)F)cc1. The Morgan fingerprint density at radius 2 is 1.62 bits per heavy atom. The molecule has 1 unspecified atom stereocenters. The van der Waals surface area contributed by atoms with E-state index >= 15 is 0 Å². The molecule has 2 aromatic carbocycles. The molecule has 0 aromatic heterocycles. The van der Waals surface area contributed by atoms with Gasteiger partial charge >= 0.3 is 12.4 Å². The average Bonchev–Trinajstić information content (AvgIpc) is 2.48. The topological polar surface area (TPSA) is 50.4 Å². The van der Waals surface area contributed by atoms with Crippen LogP contribution in [-0.4, -0.2) is 12.4 Å². The lowest BCUT2D eigenvalue weighted by Crippen LogP contribution is -2.31. The van der Waals surface area contributed by atoms with Crippen molar-refractivity contribution in [1.82, 2.24) is 5.32 Å². The normalized spacial score (nSPS) is 12.4. The van der Waals surface area contributed by atoms with Gasteiger partial charge in [-0.25, -0.2) is 9.18 Å². The van der Waals surface area contributed by atoms with Crippen molar-refractivity contribution in [1.29, 1.82) is 0 Å². The minimum Gasteiger partial charge on any atom is -0.406 e. The number of nitrogens with one attached hydrogen (secondary N) is 2. The number of amides is 2. The number of hydrogen-bond donors (Lipinski definition) is 2. The Kier molecular flexibility index (Phi) is 5.28. The first-order valence-electron chi connectivity index (χ1n) is 6.92. The van der Waals surface area contributed by atoms with Gasteiger partial charge in [0.05, 0.1) is 6.04 Å². The lowest BCUT2D eigenvalue weighted by Gasteiger charge is -2.16. The molecule has 24 heavy (non-hydrogen) atoms. The van der Waals surface area contributed by atoms with Crippen LogP contribution in [0.15, 0.2) is 48.5 Å². The molecule has 0 aliphatic heterocycles. The second-order valence-electron chi connectivity index (χ2n) is 4.94. The largest absolute Gasteiger partial charge is 0.573 e. The summed E-state index contributed by atoms with van der Waals surface area (Å²) in [4.78, 5) is 11.8. The van der Waals surface area contributed by atoms with E-state index in [9.17, 15) is 22.4 Å². The number of hydrogen-bond acceptors (Lipinski definition) is 2. The molecule has 0 spiro atoms. The summed E-state index contributed by atoms with van der Waals surface area (Å²) >= 11 is 0. The average molecular weight is 342 g/mol. The molecule has 0 saturated carbocycles. The molecule has 1 atom stereocenters. The Bertz CT molecular complexity index is 685. The summed E-state index contributed by atoms with van der Waals surface area (Å²) in [6.07, 6.45) is -4.75. The third-order valence-corrected chi connectivity index (χ3v) is 3.06. The maximum absolute atomic E-state index is 12.8. The summed E-state index contributed by atoms with van der Waals surface area (Å²) in [6, 6.07) is 9.42. The fourth-order valence-electron chi connectivity index (χ4n) is 1.94. The van der Waals surface area contributed by atoms with Crippen molar-refractivity contribution in [3.63, 3.8) is 0 Å². The maximum atomic E-state index is 12.8. The smallest absolute Gasteiger partial charge is 0.406 e. The zero-order chi connectivity index (χ0) is 17.7. The summed E-state index contributed by atoms with van der Waals surface area (Å²) in [5.74, 6) is -0.760. The fourth-order valence-corrected chi connectivity index (χ4v) is 1.94. The van der Waals surface area contributed by atoms with Crippen LogP contribution >= 0.6 is 0 Å². The minimum atomic E-state index is -4.75. The second-order valence-corrected chi connectivity index (χ2v) is 4.94. The number of ether oxygens (including phenoxy) is 1. The van der Waals surface area contributed by atoms with Crippen molar-refractivity contribution in [3.05, 3.63) is 59.9 Å². The van der Waals surface area contributed by atoms with Crippen molar-refractivity contribution in [3.8, 4) is 5.75 Å². The van der Waals surface area contributed by atoms with Crippen LogP contribution in [0.25, 0.3) is 0 Å². The molecule has 2 amide bonds. The molecule has 0 radical (unpaired) electrons. The molecule has 0 aliphatic rings. The van der Waals surface area contributed by atoms with Crippen LogP contribution in [0.3, 0.4) is 0 Å². The highest BCUT2D eigenvalue weighted by Gasteiger charge is 2.31. The summed E-state index contributed by atoms with van der Waals surface area (Å²) < 4.78 is 52.8. The summed E-state index contributed by atoms with van der Waals surface area (Å²) in [5, 5.41) is 5.14. The first kappa shape index (κ1) is 17.6. The van der Waals surface area contributed by atoms with E-state index in [0.29, 0.717) is 11.3 Å². The van der Waals surface area contributed by atoms with E-state index in [-0.39, 0.29) is 5.75 Å². The lowest BCUT2D eigenvalue weighted by molar-refractivity contribution is -0.274. The van der Waals surface area contributed by atoms with Gasteiger partial charge in [-0.3, -0.25) is 0 Å². The predicted octanol–water partition coefficient (Wildman–Crippen LogP) is 4.61. The molecule has 0 fully saturated rings. The van der Waals surface area contributed by atoms with E-state index < -0.39 is 24.3 Å². The van der Waals surface area contributed by atoms with Gasteiger partial charge in [0.2, 0.25) is 0 Å². The van der Waals surface area contributed by atoms with Gasteiger partial charge in [-0.1, -0.05) is 12.1 Å². The molecule has 2 N–H and O–H groups in total. The summed E-state index contributed by atoms with van der Waals surface area (Å²) in [5.41, 5.74) is 1.01. The zero-order valence-corrected chi connectivity index (χ0v) is 12.5. The van der Waals surface area contributed by atoms with Crippen LogP contribution in [0.5, 0.6) is 5.75 Å². The third kappa shape index (κ3) is 5.45. The lowest BCUT2D eigenvalue weighted by atomic mass is 10.1. The van der Waals surface area contributed by atoms with Gasteiger partial charge in [0.25, 0.3) is 0 Å². The van der Waals surface area contributed by atoms with E-state index in [4.69, 9.17) is 0 Å². The number of halogens is 4. The van der Waals surface area contributed by atoms with Crippen LogP contribution in [0.1, 0.15) is 18.5 Å². The zero-order valence-electron chi connectivity index (χ0n) is 12.5. The van der Waals surface area contributed by atoms with Crippen LogP contribution in [-0.2, 0) is 0 Å². The highest BCUT2D eigenvalue weighted by molar-refractivity contribution is 5.89. The maximum Gasteiger partial charge on any atom is 0.573 e. The molecule has 4 nitrogen and oxygen atoms in total. The van der Waals surface area contributed by atoms with Crippen LogP contribution in [0, 0.1) is 5.82 Å². The Labute approximate surface area is 135 Å². The number of carbonyl (C=O) groups excluding carboxylic acids is 1. The van der Waals surface area contributed by atoms with E-state index in [1.807, 2.05) is 0 Å². The summed E-state index contributed by atoms with van der Waals surface area (Å²) in [7, 11) is 0. The highest BCUT2D eigenvalue weighted by Crippen LogP contribution is 2.24. The fraction of sp³-hybridized carbons (Fsp3) is 0.188. The van der Waals surface area contributed by atoms with Crippen molar-refractivity contribution in [2.24, 2.45) is 0 Å². The number of anilines is 1. The summed E-state index contributed by atoms with van der Waals surface area (Å²) in [6.45, 7) is 1.67. The molecule has 0 saturated heterocycles. The van der Waals surface area contributed by atoms with Gasteiger partial charge in [0, 0.05) is 5.69 Å². The molecular formula is C16H14F4N2O2. The van der Waals surface area contributed by atoms with Crippen LogP contribution in [0.4, 0.5) is 28.0 Å². The van der Waals surface area contributed by atoms with E-state index in [1.165, 1.54) is 48.5 Å². The van der Waals surface area contributed by atoms with E-state index in [1.54, 1.807) is 6.92 Å². The first-order valence-corrected chi connectivity index (χ1v) is 6.92. The van der Waals surface area contributed by atoms with Gasteiger partial charge in [0.15, 0.2) is 0 Å². The molecule has 2 rings (SSSR count). The third-order valence-electron chi connectivity index (χ3n) is 3.06. The predicted molar refractivity (Wildman–Crippen MR) is 80.1 cm³/mol. The molecule has 2 aromatic rings. The number of benzene rings is 2. The highest BCUT2D eigenvalue weighted by atomic mass is 19.4. The molecule has 0 aliphatic carbocycles. The number of urea groups is 1. The Morgan fingerprint density at radius 1 is 1.04 bits per heavy atom. The van der Waals surface area contributed by atoms with Gasteiger partial charge in [-0.15, -0.1) is 13.2 Å². The van der Waals surface area contributed by atoms with Gasteiger partial charge in [0.1, 0.15) is 11.6 Å². The standard InChI is InChI=1S/C16H14F4N2O2/c1-10(11-2-8-14(9-3-11)24-16(18,19)20)21-15(23)22-13-6-4-12(17)5-7-13/h2-10H,1H3,(H2,21,22,23). The molecular weight excluding hydrogens is 328 g/mol. The van der Waals surface area contributed by atoms with Crippen LogP contribution < -0.4 is 15.4 Å². The molecule has 0 bridgehead atoms. The van der Waals surface area contributed by atoms with Gasteiger partial charge in [-0.05, 0) is 48.9 Å². The van der Waals surface area contributed by atoms with Crippen molar-refractivity contribution >= 4 is 11.7 Å². The number of alkyl halides is 3. The van der Waals surface area contributed by atoms with Crippen molar-refractivity contribution < 1.29 is 27.1 Å². The molecule has 8 heteroatoms. The monoisotopic (exact) mass is 342 g/mol. The van der Waals surface area contributed by atoms with E-state index in [0.717, 1.165) is 0 Å². The second kappa shape index (κ2) is 7.20. The van der Waals surface area contributed by atoms with Gasteiger partial charge in [-0.2, -0.15) is 0 Å². The minimum absolute atomic E-state index is 0.339. The number of rotatable bonds is 4. The van der Waals surface area contributed by atoms with E-state index in [2.05, 4.69) is 15.4 Å². The van der Waals surface area contributed by atoms with Crippen LogP contribution in [0.2, 0.25) is 0 Å². The Balaban J connectivity index is 1.92.